The highest BCUT2D eigenvalue weighted by Gasteiger charge is 2.34. The van der Waals surface area contributed by atoms with Crippen molar-refractivity contribution in [3.63, 3.8) is 0 Å². The molecule has 0 spiro atoms. The lowest BCUT2D eigenvalue weighted by atomic mass is 10.1. The van der Waals surface area contributed by atoms with E-state index >= 15 is 0 Å². The van der Waals surface area contributed by atoms with Crippen molar-refractivity contribution >= 4 is 69.2 Å². The molecule has 0 unspecified atom stereocenters. The summed E-state index contributed by atoms with van der Waals surface area (Å²) in [5.74, 6) is 1.07. The van der Waals surface area contributed by atoms with E-state index in [4.69, 9.17) is 44.9 Å². The normalized spacial score (nSPS) is 15.3. The maximum absolute atomic E-state index is 13.0. The van der Waals surface area contributed by atoms with Crippen LogP contribution in [0.1, 0.15) is 25.3 Å². The fourth-order valence-electron chi connectivity index (χ4n) is 2.71. The van der Waals surface area contributed by atoms with E-state index < -0.39 is 0 Å². The van der Waals surface area contributed by atoms with Crippen LogP contribution in [0.25, 0.3) is 6.08 Å². The highest BCUT2D eigenvalue weighted by atomic mass is 35.5. The van der Waals surface area contributed by atoms with E-state index in [0.29, 0.717) is 43.1 Å². The van der Waals surface area contributed by atoms with E-state index in [2.05, 4.69) is 6.92 Å². The predicted molar refractivity (Wildman–Crippen MR) is 126 cm³/mol. The minimum atomic E-state index is -0.230. The SMILES string of the molecule is CCCCOc1ccc(/C=C2/SC(=S)N(c3ccc(Cl)cc3Cl)C2=O)cc1OC. The number of carbonyl (C=O) groups excluding carboxylic acids is 1. The Balaban J connectivity index is 1.85. The average molecular weight is 468 g/mol. The summed E-state index contributed by atoms with van der Waals surface area (Å²) in [6.45, 7) is 2.74. The molecule has 0 aliphatic carbocycles. The van der Waals surface area contributed by atoms with Crippen molar-refractivity contribution in [2.24, 2.45) is 0 Å². The van der Waals surface area contributed by atoms with Crippen molar-refractivity contribution < 1.29 is 14.3 Å². The lowest BCUT2D eigenvalue weighted by molar-refractivity contribution is -0.113. The second-order valence-electron chi connectivity index (χ2n) is 6.23. The van der Waals surface area contributed by atoms with E-state index in [-0.39, 0.29) is 5.91 Å². The topological polar surface area (TPSA) is 38.8 Å². The molecule has 4 nitrogen and oxygen atoms in total. The number of thiocarbonyl (C=S) groups is 1. The molecule has 0 aromatic heterocycles. The summed E-state index contributed by atoms with van der Waals surface area (Å²) in [6.07, 6.45) is 3.81. The number of anilines is 1. The quantitative estimate of drug-likeness (QED) is 0.261. The van der Waals surface area contributed by atoms with Crippen molar-refractivity contribution in [1.82, 2.24) is 0 Å². The number of hydrogen-bond acceptors (Lipinski definition) is 5. The molecular weight excluding hydrogens is 449 g/mol. The minimum absolute atomic E-state index is 0.230. The molecule has 1 aliphatic rings. The molecule has 1 heterocycles. The molecule has 0 atom stereocenters. The summed E-state index contributed by atoms with van der Waals surface area (Å²) in [7, 11) is 1.59. The number of halogens is 2. The average Bonchev–Trinajstić information content (AvgIpc) is 2.96. The van der Waals surface area contributed by atoms with E-state index in [0.717, 1.165) is 18.4 Å². The largest absolute Gasteiger partial charge is 0.493 e. The van der Waals surface area contributed by atoms with Gasteiger partial charge in [0.15, 0.2) is 15.8 Å². The van der Waals surface area contributed by atoms with Crippen LogP contribution in [0.3, 0.4) is 0 Å². The van der Waals surface area contributed by atoms with Crippen LogP contribution in [0.2, 0.25) is 10.0 Å². The van der Waals surface area contributed by atoms with E-state index in [9.17, 15) is 4.79 Å². The van der Waals surface area contributed by atoms with Crippen LogP contribution in [0.5, 0.6) is 11.5 Å². The van der Waals surface area contributed by atoms with Gasteiger partial charge in [0, 0.05) is 5.02 Å². The van der Waals surface area contributed by atoms with Crippen LogP contribution in [-0.2, 0) is 4.79 Å². The first kappa shape index (κ1) is 22.0. The summed E-state index contributed by atoms with van der Waals surface area (Å²) < 4.78 is 11.6. The summed E-state index contributed by atoms with van der Waals surface area (Å²) in [5.41, 5.74) is 1.33. The second-order valence-corrected chi connectivity index (χ2v) is 8.74. The number of methoxy groups -OCH3 is 1. The van der Waals surface area contributed by atoms with Gasteiger partial charge < -0.3 is 9.47 Å². The summed E-state index contributed by atoms with van der Waals surface area (Å²) in [5, 5.41) is 0.860. The molecule has 152 valence electrons. The summed E-state index contributed by atoms with van der Waals surface area (Å²) >= 11 is 18.8. The van der Waals surface area contributed by atoms with Gasteiger partial charge in [0.25, 0.3) is 5.91 Å². The molecule has 0 N–H and O–H groups in total. The smallest absolute Gasteiger partial charge is 0.270 e. The molecule has 1 saturated heterocycles. The van der Waals surface area contributed by atoms with Crippen molar-refractivity contribution in [2.75, 3.05) is 18.6 Å². The fourth-order valence-corrected chi connectivity index (χ4v) is 4.49. The van der Waals surface area contributed by atoms with Gasteiger partial charge in [-0.2, -0.15) is 0 Å². The Labute approximate surface area is 189 Å². The van der Waals surface area contributed by atoms with E-state index in [1.807, 2.05) is 18.2 Å². The van der Waals surface area contributed by atoms with Gasteiger partial charge in [-0.25, -0.2) is 0 Å². The monoisotopic (exact) mass is 467 g/mol. The third-order valence-corrected chi connectivity index (χ3v) is 6.03. The third-order valence-electron chi connectivity index (χ3n) is 4.19. The molecule has 29 heavy (non-hydrogen) atoms. The van der Waals surface area contributed by atoms with Gasteiger partial charge in [-0.05, 0) is 48.4 Å². The number of unbranched alkanes of at least 4 members (excludes halogenated alkanes) is 1. The number of ether oxygens (including phenoxy) is 2. The van der Waals surface area contributed by atoms with Crippen LogP contribution >= 0.6 is 47.2 Å². The van der Waals surface area contributed by atoms with Gasteiger partial charge in [0.05, 0.1) is 29.3 Å². The zero-order chi connectivity index (χ0) is 21.0. The Hall–Kier alpha value is -1.73. The summed E-state index contributed by atoms with van der Waals surface area (Å²) in [6, 6.07) is 10.5. The molecule has 8 heteroatoms. The van der Waals surface area contributed by atoms with E-state index in [1.54, 1.807) is 31.4 Å². The first-order valence-electron chi connectivity index (χ1n) is 8.98. The standard InChI is InChI=1S/C21H19Cl2NO3S2/c1-3-4-9-27-17-8-5-13(10-18(17)26-2)11-19-20(25)24(21(28)29-19)16-7-6-14(22)12-15(16)23/h5-8,10-12H,3-4,9H2,1-2H3/b19-11+. The van der Waals surface area contributed by atoms with Gasteiger partial charge in [0.2, 0.25) is 0 Å². The Bertz CT molecular complexity index is 978. The molecular formula is C21H19Cl2NO3S2. The molecule has 1 aliphatic heterocycles. The number of nitrogens with zero attached hydrogens (tertiary/aromatic N) is 1. The van der Waals surface area contributed by atoms with Gasteiger partial charge >= 0.3 is 0 Å². The van der Waals surface area contributed by atoms with Crippen LogP contribution < -0.4 is 14.4 Å². The van der Waals surface area contributed by atoms with Crippen LogP contribution in [0.15, 0.2) is 41.3 Å². The predicted octanol–water partition coefficient (Wildman–Crippen LogP) is 6.59. The first-order valence-corrected chi connectivity index (χ1v) is 11.0. The van der Waals surface area contributed by atoms with Crippen LogP contribution in [0.4, 0.5) is 5.69 Å². The number of thioether (sulfide) groups is 1. The van der Waals surface area contributed by atoms with Gasteiger partial charge in [-0.3, -0.25) is 9.69 Å². The number of carbonyl (C=O) groups is 1. The third kappa shape index (κ3) is 5.07. The Morgan fingerprint density at radius 2 is 1.97 bits per heavy atom. The Morgan fingerprint density at radius 1 is 1.17 bits per heavy atom. The molecule has 2 aromatic carbocycles. The number of amides is 1. The van der Waals surface area contributed by atoms with Gasteiger partial charge in [-0.1, -0.05) is 66.6 Å². The highest BCUT2D eigenvalue weighted by molar-refractivity contribution is 8.27. The molecule has 1 amide bonds. The van der Waals surface area contributed by atoms with Crippen LogP contribution in [0, 0.1) is 0 Å². The van der Waals surface area contributed by atoms with Crippen molar-refractivity contribution in [3.05, 3.63) is 56.9 Å². The zero-order valence-electron chi connectivity index (χ0n) is 15.9. The molecule has 0 saturated carbocycles. The molecule has 2 aromatic rings. The number of hydrogen-bond donors (Lipinski definition) is 0. The van der Waals surface area contributed by atoms with Crippen molar-refractivity contribution in [1.29, 1.82) is 0 Å². The van der Waals surface area contributed by atoms with Crippen molar-refractivity contribution in [2.45, 2.75) is 19.8 Å². The first-order chi connectivity index (χ1) is 13.9. The molecule has 0 radical (unpaired) electrons. The molecule has 3 rings (SSSR count). The maximum Gasteiger partial charge on any atom is 0.270 e. The maximum atomic E-state index is 13.0. The van der Waals surface area contributed by atoms with Gasteiger partial charge in [0.1, 0.15) is 0 Å². The van der Waals surface area contributed by atoms with Gasteiger partial charge in [-0.15, -0.1) is 0 Å². The molecule has 0 bridgehead atoms. The minimum Gasteiger partial charge on any atom is -0.493 e. The van der Waals surface area contributed by atoms with E-state index in [1.165, 1.54) is 16.7 Å². The summed E-state index contributed by atoms with van der Waals surface area (Å²) in [4.78, 5) is 14.9. The second kappa shape index (κ2) is 9.85. The number of rotatable bonds is 7. The lowest BCUT2D eigenvalue weighted by Crippen LogP contribution is -2.27. The highest BCUT2D eigenvalue weighted by Crippen LogP contribution is 2.40. The fraction of sp³-hybridized carbons (Fsp3) is 0.238. The number of benzene rings is 2. The molecule has 1 fully saturated rings. The Morgan fingerprint density at radius 3 is 2.66 bits per heavy atom. The zero-order valence-corrected chi connectivity index (χ0v) is 19.1. The van der Waals surface area contributed by atoms with Crippen molar-refractivity contribution in [3.8, 4) is 11.5 Å². The van der Waals surface area contributed by atoms with Crippen LogP contribution in [-0.4, -0.2) is 23.9 Å². The lowest BCUT2D eigenvalue weighted by Gasteiger charge is -2.16. The Kier molecular flexibility index (Phi) is 7.46.